The van der Waals surface area contributed by atoms with Crippen LogP contribution in [0.15, 0.2) is 24.3 Å². The average Bonchev–Trinajstić information content (AvgIpc) is 2.01. The van der Waals surface area contributed by atoms with Gasteiger partial charge in [-0.05, 0) is 18.2 Å². The van der Waals surface area contributed by atoms with Crippen LogP contribution in [0.4, 0.5) is 0 Å². The zero-order chi connectivity index (χ0) is 9.10. The highest BCUT2D eigenvalue weighted by Crippen LogP contribution is 2.18. The zero-order valence-corrected chi connectivity index (χ0v) is 8.00. The van der Waals surface area contributed by atoms with E-state index in [0.717, 1.165) is 30.5 Å². The topological polar surface area (TPSA) is 23.3 Å². The second-order valence-electron chi connectivity index (χ2n) is 3.22. The van der Waals surface area contributed by atoms with Crippen molar-refractivity contribution in [2.75, 3.05) is 19.7 Å². The van der Waals surface area contributed by atoms with Crippen molar-refractivity contribution < 1.29 is 4.74 Å². The Morgan fingerprint density at radius 3 is 2.92 bits per heavy atom. The van der Waals surface area contributed by atoms with E-state index in [0.29, 0.717) is 5.92 Å². The fourth-order valence-electron chi connectivity index (χ4n) is 1.19. The number of halogens is 1. The van der Waals surface area contributed by atoms with Gasteiger partial charge in [-0.15, -0.1) is 0 Å². The van der Waals surface area contributed by atoms with Crippen LogP contribution in [-0.4, -0.2) is 19.7 Å². The Labute approximate surface area is 82.9 Å². The molecular weight excluding hydrogens is 186 g/mol. The lowest BCUT2D eigenvalue weighted by Gasteiger charge is -2.24. The highest BCUT2D eigenvalue weighted by molar-refractivity contribution is 6.30. The maximum atomic E-state index is 5.81. The molecular formula is C10H11ClNO. The summed E-state index contributed by atoms with van der Waals surface area (Å²) in [4.78, 5) is 0. The van der Waals surface area contributed by atoms with Gasteiger partial charge in [0.25, 0.3) is 0 Å². The van der Waals surface area contributed by atoms with Gasteiger partial charge in [0.15, 0.2) is 0 Å². The van der Waals surface area contributed by atoms with Crippen molar-refractivity contribution >= 4 is 11.6 Å². The van der Waals surface area contributed by atoms with Gasteiger partial charge in [0.2, 0.25) is 0 Å². The first kappa shape index (κ1) is 8.85. The molecule has 0 N–H and O–H groups in total. The molecule has 1 aliphatic rings. The highest BCUT2D eigenvalue weighted by atomic mass is 35.5. The Hall–Kier alpha value is -0.730. The minimum atomic E-state index is 0.610. The first-order valence-electron chi connectivity index (χ1n) is 4.36. The van der Waals surface area contributed by atoms with E-state index in [1.54, 1.807) is 0 Å². The van der Waals surface area contributed by atoms with Crippen LogP contribution in [0.2, 0.25) is 5.02 Å². The SMILES string of the molecule is Clc1cccc(OCC2C[N]C2)c1. The lowest BCUT2D eigenvalue weighted by atomic mass is 10.1. The fraction of sp³-hybridized carbons (Fsp3) is 0.400. The van der Waals surface area contributed by atoms with E-state index >= 15 is 0 Å². The van der Waals surface area contributed by atoms with Crippen molar-refractivity contribution in [3.8, 4) is 5.75 Å². The van der Waals surface area contributed by atoms with Crippen LogP contribution in [0, 0.1) is 5.92 Å². The highest BCUT2D eigenvalue weighted by Gasteiger charge is 2.18. The second-order valence-corrected chi connectivity index (χ2v) is 3.66. The summed E-state index contributed by atoms with van der Waals surface area (Å²) in [5.74, 6) is 1.46. The number of ether oxygens (including phenoxy) is 1. The molecule has 1 saturated heterocycles. The van der Waals surface area contributed by atoms with E-state index in [-0.39, 0.29) is 0 Å². The van der Waals surface area contributed by atoms with Crippen LogP contribution in [0.5, 0.6) is 5.75 Å². The summed E-state index contributed by atoms with van der Waals surface area (Å²) in [7, 11) is 0. The van der Waals surface area contributed by atoms with Gasteiger partial charge in [-0.3, -0.25) is 0 Å². The molecule has 1 aromatic carbocycles. The molecule has 0 unspecified atom stereocenters. The maximum Gasteiger partial charge on any atom is 0.120 e. The molecule has 0 aromatic heterocycles. The van der Waals surface area contributed by atoms with Crippen molar-refractivity contribution in [3.63, 3.8) is 0 Å². The summed E-state index contributed by atoms with van der Waals surface area (Å²) in [5, 5.41) is 4.84. The van der Waals surface area contributed by atoms with E-state index in [2.05, 4.69) is 5.32 Å². The quantitative estimate of drug-likeness (QED) is 0.725. The first-order chi connectivity index (χ1) is 6.34. The lowest BCUT2D eigenvalue weighted by Crippen LogP contribution is -2.39. The van der Waals surface area contributed by atoms with Gasteiger partial charge in [-0.25, -0.2) is 5.32 Å². The van der Waals surface area contributed by atoms with E-state index in [1.165, 1.54) is 0 Å². The Bertz CT molecular complexity index is 286. The van der Waals surface area contributed by atoms with Gasteiger partial charge in [0.05, 0.1) is 6.61 Å². The third-order valence-electron chi connectivity index (χ3n) is 2.06. The third-order valence-corrected chi connectivity index (χ3v) is 2.29. The number of nitrogens with zero attached hydrogens (tertiary/aromatic N) is 1. The molecule has 0 atom stereocenters. The Kier molecular flexibility index (Phi) is 2.71. The number of rotatable bonds is 3. The molecule has 0 bridgehead atoms. The largest absolute Gasteiger partial charge is 0.493 e. The summed E-state index contributed by atoms with van der Waals surface area (Å²) in [6.45, 7) is 2.64. The fourth-order valence-corrected chi connectivity index (χ4v) is 1.37. The van der Waals surface area contributed by atoms with Gasteiger partial charge < -0.3 is 4.74 Å². The second kappa shape index (κ2) is 3.99. The van der Waals surface area contributed by atoms with Crippen LogP contribution in [-0.2, 0) is 0 Å². The minimum absolute atomic E-state index is 0.610. The Balaban J connectivity index is 1.86. The molecule has 0 spiro atoms. The first-order valence-corrected chi connectivity index (χ1v) is 4.74. The van der Waals surface area contributed by atoms with E-state index in [9.17, 15) is 0 Å². The van der Waals surface area contributed by atoms with Crippen molar-refractivity contribution in [1.82, 2.24) is 5.32 Å². The molecule has 0 amide bonds. The van der Waals surface area contributed by atoms with Crippen molar-refractivity contribution in [2.24, 2.45) is 5.92 Å². The number of benzene rings is 1. The molecule has 1 aliphatic heterocycles. The van der Waals surface area contributed by atoms with Crippen LogP contribution in [0.25, 0.3) is 0 Å². The maximum absolute atomic E-state index is 5.81. The Morgan fingerprint density at radius 2 is 2.31 bits per heavy atom. The molecule has 1 heterocycles. The zero-order valence-electron chi connectivity index (χ0n) is 7.24. The molecule has 13 heavy (non-hydrogen) atoms. The predicted molar refractivity (Wildman–Crippen MR) is 52.3 cm³/mol. The van der Waals surface area contributed by atoms with Crippen LogP contribution in [0.1, 0.15) is 0 Å². The third kappa shape index (κ3) is 2.36. The summed E-state index contributed by atoms with van der Waals surface area (Å²) < 4.78 is 5.55. The van der Waals surface area contributed by atoms with E-state index in [1.807, 2.05) is 24.3 Å². The molecule has 1 aromatic rings. The Morgan fingerprint density at radius 1 is 1.46 bits per heavy atom. The molecule has 2 rings (SSSR count). The molecule has 0 aliphatic carbocycles. The van der Waals surface area contributed by atoms with Gasteiger partial charge in [-0.1, -0.05) is 17.7 Å². The smallest absolute Gasteiger partial charge is 0.120 e. The summed E-state index contributed by atoms with van der Waals surface area (Å²) in [6.07, 6.45) is 0. The minimum Gasteiger partial charge on any atom is -0.493 e. The number of hydrogen-bond donors (Lipinski definition) is 0. The van der Waals surface area contributed by atoms with Gasteiger partial charge in [-0.2, -0.15) is 0 Å². The monoisotopic (exact) mass is 196 g/mol. The van der Waals surface area contributed by atoms with Crippen LogP contribution in [0.3, 0.4) is 0 Å². The van der Waals surface area contributed by atoms with Gasteiger partial charge in [0.1, 0.15) is 5.75 Å². The molecule has 1 fully saturated rings. The van der Waals surface area contributed by atoms with Gasteiger partial charge in [0, 0.05) is 24.0 Å². The normalized spacial score (nSPS) is 16.7. The number of hydrogen-bond acceptors (Lipinski definition) is 1. The van der Waals surface area contributed by atoms with Crippen LogP contribution < -0.4 is 10.1 Å². The molecule has 2 nitrogen and oxygen atoms in total. The van der Waals surface area contributed by atoms with Crippen molar-refractivity contribution in [2.45, 2.75) is 0 Å². The standard InChI is InChI=1S/C10H11ClNO/c11-9-2-1-3-10(4-9)13-7-8-5-12-6-8/h1-4,8H,5-7H2. The molecule has 3 heteroatoms. The predicted octanol–water partition coefficient (Wildman–Crippen LogP) is 1.95. The lowest BCUT2D eigenvalue weighted by molar-refractivity contribution is 0.196. The van der Waals surface area contributed by atoms with Crippen molar-refractivity contribution in [1.29, 1.82) is 0 Å². The summed E-state index contributed by atoms with van der Waals surface area (Å²) in [5.41, 5.74) is 0. The average molecular weight is 197 g/mol. The summed E-state index contributed by atoms with van der Waals surface area (Å²) in [6, 6.07) is 7.48. The molecule has 1 radical (unpaired) electrons. The van der Waals surface area contributed by atoms with E-state index < -0.39 is 0 Å². The van der Waals surface area contributed by atoms with E-state index in [4.69, 9.17) is 16.3 Å². The van der Waals surface area contributed by atoms with Crippen LogP contribution >= 0.6 is 11.6 Å². The molecule has 0 saturated carbocycles. The molecule has 69 valence electrons. The van der Waals surface area contributed by atoms with Gasteiger partial charge >= 0.3 is 0 Å². The summed E-state index contributed by atoms with van der Waals surface area (Å²) >= 11 is 5.81. The van der Waals surface area contributed by atoms with Crippen molar-refractivity contribution in [3.05, 3.63) is 29.3 Å².